The third-order valence-corrected chi connectivity index (χ3v) is 0.341. The number of aliphatic carboxylic acids is 2. The van der Waals surface area contributed by atoms with Crippen LogP contribution in [-0.2, 0) is 9.59 Å². The molecule has 4 nitrogen and oxygen atoms in total. The van der Waals surface area contributed by atoms with Crippen molar-refractivity contribution in [3.8, 4) is 0 Å². The molecule has 0 radical (unpaired) electrons. The van der Waals surface area contributed by atoms with Gasteiger partial charge in [-0.15, -0.1) is 0 Å². The van der Waals surface area contributed by atoms with Gasteiger partial charge >= 0.3 is 24.8 Å². The molecule has 0 atom stereocenters. The molecule has 0 aromatic rings. The van der Waals surface area contributed by atoms with E-state index in [1.165, 1.54) is 0 Å². The summed E-state index contributed by atoms with van der Waals surface area (Å²) in [6, 6.07) is 0. The van der Waals surface area contributed by atoms with Crippen LogP contribution in [-0.4, -0.2) is 17.0 Å². The summed E-state index contributed by atoms with van der Waals surface area (Å²) in [4.78, 5) is 18.4. The molecule has 0 saturated carbocycles. The van der Waals surface area contributed by atoms with Gasteiger partial charge in [-0.3, -0.25) is 0 Å². The van der Waals surface area contributed by atoms with Crippen LogP contribution in [0.4, 0.5) is 0 Å². The van der Waals surface area contributed by atoms with Crippen molar-refractivity contribution in [2.24, 2.45) is 0 Å². The summed E-state index contributed by atoms with van der Waals surface area (Å²) >= 11 is 0. The molecule has 0 aliphatic carbocycles. The fraction of sp³-hybridized carbons (Fsp3) is 0. The summed E-state index contributed by atoms with van der Waals surface area (Å²) in [6.45, 7) is 5.86. The minimum absolute atomic E-state index is 0. The largest absolute Gasteiger partial charge is 1.00 e. The molecule has 0 spiro atoms. The first kappa shape index (κ1) is 16.5. The molecular weight excluding hydrogens is 143 g/mol. The molecule has 0 unspecified atom stereocenters. The Morgan fingerprint density at radius 1 is 1.27 bits per heavy atom. The maximum atomic E-state index is 9.25. The summed E-state index contributed by atoms with van der Waals surface area (Å²) in [5, 5.41) is 16.7. The van der Waals surface area contributed by atoms with Gasteiger partial charge in [0, 0.05) is 6.08 Å². The second kappa shape index (κ2) is 11.8. The molecule has 11 heavy (non-hydrogen) atoms. The Hall–Kier alpha value is -0.983. The van der Waals surface area contributed by atoms with E-state index in [1.54, 1.807) is 0 Å². The number of carboxylic acid groups (broad SMARTS) is 2. The number of hydrogen-bond acceptors (Lipinski definition) is 3. The van der Waals surface area contributed by atoms with Crippen molar-refractivity contribution in [3.05, 3.63) is 25.3 Å². The first-order chi connectivity index (χ1) is 4.54. The van der Waals surface area contributed by atoms with Crippen LogP contribution < -0.4 is 24.0 Å². The van der Waals surface area contributed by atoms with E-state index in [1.807, 2.05) is 0 Å². The molecule has 0 aromatic carbocycles. The van der Waals surface area contributed by atoms with Crippen LogP contribution in [0.2, 0.25) is 0 Å². The van der Waals surface area contributed by atoms with E-state index in [9.17, 15) is 4.79 Å². The molecular formula is C6H7LiO4. The third-order valence-electron chi connectivity index (χ3n) is 0.341. The monoisotopic (exact) mass is 150 g/mol. The topological polar surface area (TPSA) is 77.4 Å². The summed E-state index contributed by atoms with van der Waals surface area (Å²) < 4.78 is 0. The van der Waals surface area contributed by atoms with E-state index in [4.69, 9.17) is 15.0 Å². The van der Waals surface area contributed by atoms with Crippen molar-refractivity contribution in [1.82, 2.24) is 0 Å². The second-order valence-corrected chi connectivity index (χ2v) is 1.07. The minimum atomic E-state index is -1.23. The van der Waals surface area contributed by atoms with Gasteiger partial charge in [0.05, 0.1) is 5.97 Å². The van der Waals surface area contributed by atoms with Gasteiger partial charge < -0.3 is 15.0 Å². The molecule has 0 aliphatic rings. The maximum Gasteiger partial charge on any atom is 1.00 e. The van der Waals surface area contributed by atoms with Crippen molar-refractivity contribution in [1.29, 1.82) is 0 Å². The zero-order valence-electron chi connectivity index (χ0n) is 6.24. The van der Waals surface area contributed by atoms with E-state index < -0.39 is 11.9 Å². The number of hydrogen-bond donors (Lipinski definition) is 1. The van der Waals surface area contributed by atoms with Crippen molar-refractivity contribution in [3.63, 3.8) is 0 Å². The van der Waals surface area contributed by atoms with E-state index >= 15 is 0 Å². The number of rotatable bonds is 2. The fourth-order valence-electron chi connectivity index (χ4n) is 0. The third kappa shape index (κ3) is 48.8. The van der Waals surface area contributed by atoms with Crippen LogP contribution >= 0.6 is 0 Å². The molecule has 0 bridgehead atoms. The number of carbonyl (C=O) groups excluding carboxylic acids is 1. The minimum Gasteiger partial charge on any atom is -0.545 e. The molecule has 0 saturated heterocycles. The average molecular weight is 150 g/mol. The van der Waals surface area contributed by atoms with Crippen molar-refractivity contribution in [2.75, 3.05) is 0 Å². The van der Waals surface area contributed by atoms with Crippen molar-refractivity contribution < 1.29 is 38.7 Å². The summed E-state index contributed by atoms with van der Waals surface area (Å²) in [7, 11) is 0. The summed E-state index contributed by atoms with van der Waals surface area (Å²) in [5.74, 6) is -2.21. The first-order valence-corrected chi connectivity index (χ1v) is 2.23. The summed E-state index contributed by atoms with van der Waals surface area (Å²) in [5.41, 5.74) is 0. The molecule has 0 heterocycles. The zero-order valence-corrected chi connectivity index (χ0v) is 6.24. The van der Waals surface area contributed by atoms with Crippen LogP contribution in [0.5, 0.6) is 0 Å². The molecule has 0 aromatic heterocycles. The van der Waals surface area contributed by atoms with Gasteiger partial charge in [-0.2, -0.15) is 0 Å². The molecule has 0 aliphatic heterocycles. The quantitative estimate of drug-likeness (QED) is 0.323. The maximum absolute atomic E-state index is 9.25. The molecule has 0 rings (SSSR count). The van der Waals surface area contributed by atoms with Gasteiger partial charge in [0.25, 0.3) is 0 Å². The van der Waals surface area contributed by atoms with Crippen LogP contribution in [0.15, 0.2) is 25.3 Å². The predicted octanol–water partition coefficient (Wildman–Crippen LogP) is -3.82. The normalized spacial score (nSPS) is 5.82. The SMILES string of the molecule is C=CC(=O)O.C=CC(=O)[O-].[Li+]. The standard InChI is InChI=1S/2C3H4O2.Li/c2*1-2-3(4)5;/h2*2H,1H2,(H,4,5);/q;;+1/p-1. The number of carboxylic acids is 2. The summed E-state index contributed by atoms with van der Waals surface area (Å²) in [6.07, 6.45) is 1.56. The van der Waals surface area contributed by atoms with Gasteiger partial charge in [-0.1, -0.05) is 13.2 Å². The molecule has 0 amide bonds. The van der Waals surface area contributed by atoms with Crippen LogP contribution in [0, 0.1) is 0 Å². The van der Waals surface area contributed by atoms with Crippen molar-refractivity contribution in [2.45, 2.75) is 0 Å². The zero-order chi connectivity index (χ0) is 8.57. The van der Waals surface area contributed by atoms with Crippen LogP contribution in [0.1, 0.15) is 0 Å². The molecule has 0 fully saturated rings. The van der Waals surface area contributed by atoms with E-state index in [2.05, 4.69) is 13.2 Å². The van der Waals surface area contributed by atoms with E-state index in [-0.39, 0.29) is 18.9 Å². The Bertz CT molecular complexity index is 135. The van der Waals surface area contributed by atoms with Gasteiger partial charge in [-0.05, 0) is 6.08 Å². The first-order valence-electron chi connectivity index (χ1n) is 2.23. The van der Waals surface area contributed by atoms with Gasteiger partial charge in [0.1, 0.15) is 0 Å². The van der Waals surface area contributed by atoms with E-state index in [0.29, 0.717) is 0 Å². The van der Waals surface area contributed by atoms with Crippen LogP contribution in [0.3, 0.4) is 0 Å². The number of carbonyl (C=O) groups is 2. The molecule has 1 N–H and O–H groups in total. The Labute approximate surface area is 76.4 Å². The Kier molecular flexibility index (Phi) is 17.7. The van der Waals surface area contributed by atoms with Gasteiger partial charge in [0.15, 0.2) is 0 Å². The van der Waals surface area contributed by atoms with Crippen LogP contribution in [0.25, 0.3) is 0 Å². The molecule has 5 heteroatoms. The Balaban J connectivity index is -0.000000107. The van der Waals surface area contributed by atoms with Gasteiger partial charge in [-0.25, -0.2) is 4.79 Å². The average Bonchev–Trinajstić information content (AvgIpc) is 1.89. The smallest absolute Gasteiger partial charge is 0.545 e. The van der Waals surface area contributed by atoms with E-state index in [0.717, 1.165) is 12.2 Å². The second-order valence-electron chi connectivity index (χ2n) is 1.07. The molecule has 56 valence electrons. The Morgan fingerprint density at radius 2 is 1.45 bits per heavy atom. The fourth-order valence-corrected chi connectivity index (χ4v) is 0. The predicted molar refractivity (Wildman–Crippen MR) is 33.0 cm³/mol. The van der Waals surface area contributed by atoms with Crippen molar-refractivity contribution >= 4 is 11.9 Å². The van der Waals surface area contributed by atoms with Gasteiger partial charge in [0.2, 0.25) is 0 Å². The Morgan fingerprint density at radius 3 is 1.45 bits per heavy atom.